The Morgan fingerprint density at radius 3 is 2.62 bits per heavy atom. The molecular weight excluding hydrogens is 308 g/mol. The number of allylic oxidation sites excluding steroid dienone is 2. The van der Waals surface area contributed by atoms with Crippen LogP contribution in [0.4, 0.5) is 5.69 Å². The molecular formula is C18H20N2O4. The first-order valence-electron chi connectivity index (χ1n) is 8.05. The third-order valence-corrected chi connectivity index (χ3v) is 4.25. The maximum atomic E-state index is 12.5. The van der Waals surface area contributed by atoms with Crippen LogP contribution in [0.1, 0.15) is 38.5 Å². The number of aromatic nitrogens is 1. The number of oxazole rings is 1. The summed E-state index contributed by atoms with van der Waals surface area (Å²) in [6, 6.07) is 5.25. The predicted molar refractivity (Wildman–Crippen MR) is 89.7 cm³/mol. The molecule has 3 rings (SSSR count). The second-order valence-electron chi connectivity index (χ2n) is 6.37. The highest BCUT2D eigenvalue weighted by molar-refractivity contribution is 5.96. The summed E-state index contributed by atoms with van der Waals surface area (Å²) in [5.74, 6) is -1.63. The number of nitrogens with zero attached hydrogens (tertiary/aromatic N) is 1. The van der Waals surface area contributed by atoms with Crippen LogP contribution in [0.5, 0.6) is 0 Å². The fourth-order valence-electron chi connectivity index (χ4n) is 2.88. The second-order valence-corrected chi connectivity index (χ2v) is 6.37. The Hall–Kier alpha value is -2.63. The van der Waals surface area contributed by atoms with Gasteiger partial charge in [0.05, 0.1) is 11.8 Å². The van der Waals surface area contributed by atoms with Gasteiger partial charge in [0.15, 0.2) is 11.5 Å². The van der Waals surface area contributed by atoms with E-state index in [-0.39, 0.29) is 11.8 Å². The molecule has 0 unspecified atom stereocenters. The lowest BCUT2D eigenvalue weighted by atomic mass is 9.82. The first kappa shape index (κ1) is 16.2. The summed E-state index contributed by atoms with van der Waals surface area (Å²) >= 11 is 0. The monoisotopic (exact) mass is 328 g/mol. The molecule has 1 aliphatic carbocycles. The van der Waals surface area contributed by atoms with E-state index in [9.17, 15) is 14.7 Å². The minimum atomic E-state index is -0.937. The number of hydrogen-bond acceptors (Lipinski definition) is 4. The van der Waals surface area contributed by atoms with Crippen molar-refractivity contribution in [1.29, 1.82) is 0 Å². The first-order valence-corrected chi connectivity index (χ1v) is 8.05. The zero-order valence-corrected chi connectivity index (χ0v) is 13.7. The molecule has 126 valence electrons. The summed E-state index contributed by atoms with van der Waals surface area (Å²) in [7, 11) is 0. The average molecular weight is 328 g/mol. The van der Waals surface area contributed by atoms with Gasteiger partial charge in [0.25, 0.3) is 0 Å². The number of amides is 1. The number of benzene rings is 1. The van der Waals surface area contributed by atoms with Gasteiger partial charge >= 0.3 is 5.97 Å². The minimum Gasteiger partial charge on any atom is -0.481 e. The van der Waals surface area contributed by atoms with Crippen molar-refractivity contribution in [1.82, 2.24) is 4.98 Å². The molecule has 2 N–H and O–H groups in total. The molecule has 1 aromatic carbocycles. The summed E-state index contributed by atoms with van der Waals surface area (Å²) in [5.41, 5.74) is 1.94. The third kappa shape index (κ3) is 3.18. The molecule has 24 heavy (non-hydrogen) atoms. The van der Waals surface area contributed by atoms with Crippen LogP contribution in [0.15, 0.2) is 34.8 Å². The van der Waals surface area contributed by atoms with Crippen LogP contribution in [-0.2, 0) is 9.59 Å². The number of hydrogen-bond donors (Lipinski definition) is 2. The number of anilines is 1. The van der Waals surface area contributed by atoms with Gasteiger partial charge in [-0.3, -0.25) is 9.59 Å². The standard InChI is InChI=1S/C18H20N2O4/c1-10(2)17-20-14-9-11(7-8-15(14)24-17)19-16(21)12-5-3-4-6-13(12)18(22)23/h3-4,7-10,12-13H,5-6H2,1-2H3,(H,19,21)(H,22,23)/t12-,13-/m1/s1. The molecule has 0 radical (unpaired) electrons. The van der Waals surface area contributed by atoms with Gasteiger partial charge < -0.3 is 14.8 Å². The third-order valence-electron chi connectivity index (χ3n) is 4.25. The highest BCUT2D eigenvalue weighted by Crippen LogP contribution is 2.28. The van der Waals surface area contributed by atoms with Gasteiger partial charge in [0, 0.05) is 11.6 Å². The first-order chi connectivity index (χ1) is 11.5. The van der Waals surface area contributed by atoms with E-state index in [0.717, 1.165) is 0 Å². The molecule has 2 atom stereocenters. The van der Waals surface area contributed by atoms with E-state index in [4.69, 9.17) is 4.42 Å². The van der Waals surface area contributed by atoms with E-state index in [1.807, 2.05) is 26.0 Å². The van der Waals surface area contributed by atoms with Crippen molar-refractivity contribution in [2.75, 3.05) is 5.32 Å². The van der Waals surface area contributed by atoms with Crippen molar-refractivity contribution in [3.05, 3.63) is 36.2 Å². The molecule has 1 aliphatic rings. The summed E-state index contributed by atoms with van der Waals surface area (Å²) in [6.45, 7) is 3.99. The van der Waals surface area contributed by atoms with Crippen molar-refractivity contribution in [3.8, 4) is 0 Å². The number of aliphatic carboxylic acids is 1. The van der Waals surface area contributed by atoms with Crippen LogP contribution in [0, 0.1) is 11.8 Å². The number of nitrogens with one attached hydrogen (secondary N) is 1. The lowest BCUT2D eigenvalue weighted by Gasteiger charge is -2.24. The van der Waals surface area contributed by atoms with Gasteiger partial charge in [-0.05, 0) is 31.0 Å². The van der Waals surface area contributed by atoms with Gasteiger partial charge in [0.2, 0.25) is 5.91 Å². The number of fused-ring (bicyclic) bond motifs is 1. The number of carbonyl (C=O) groups excluding carboxylic acids is 1. The van der Waals surface area contributed by atoms with Gasteiger partial charge in [-0.25, -0.2) is 4.98 Å². The Morgan fingerprint density at radius 2 is 1.96 bits per heavy atom. The molecule has 6 heteroatoms. The molecule has 0 aliphatic heterocycles. The smallest absolute Gasteiger partial charge is 0.307 e. The molecule has 6 nitrogen and oxygen atoms in total. The highest BCUT2D eigenvalue weighted by atomic mass is 16.4. The Balaban J connectivity index is 1.79. The normalized spacial score (nSPS) is 20.5. The Labute approximate surface area is 139 Å². The van der Waals surface area contributed by atoms with Crippen LogP contribution < -0.4 is 5.32 Å². The number of rotatable bonds is 4. The van der Waals surface area contributed by atoms with Crippen LogP contribution in [-0.4, -0.2) is 22.0 Å². The molecule has 1 heterocycles. The van der Waals surface area contributed by atoms with Crippen molar-refractivity contribution < 1.29 is 19.1 Å². The van der Waals surface area contributed by atoms with Crippen molar-refractivity contribution in [3.63, 3.8) is 0 Å². The van der Waals surface area contributed by atoms with E-state index >= 15 is 0 Å². The van der Waals surface area contributed by atoms with E-state index in [2.05, 4.69) is 10.3 Å². The maximum absolute atomic E-state index is 12.5. The van der Waals surface area contributed by atoms with Crippen molar-refractivity contribution in [2.24, 2.45) is 11.8 Å². The van der Waals surface area contributed by atoms with Gasteiger partial charge in [-0.2, -0.15) is 0 Å². The quantitative estimate of drug-likeness (QED) is 0.837. The molecule has 0 bridgehead atoms. The van der Waals surface area contributed by atoms with Crippen LogP contribution in [0.3, 0.4) is 0 Å². The zero-order chi connectivity index (χ0) is 17.3. The van der Waals surface area contributed by atoms with Gasteiger partial charge in [-0.15, -0.1) is 0 Å². The van der Waals surface area contributed by atoms with Crippen molar-refractivity contribution in [2.45, 2.75) is 32.6 Å². The highest BCUT2D eigenvalue weighted by Gasteiger charge is 2.34. The molecule has 0 saturated carbocycles. The predicted octanol–water partition coefficient (Wildman–Crippen LogP) is 3.56. The van der Waals surface area contributed by atoms with Crippen LogP contribution in [0.25, 0.3) is 11.1 Å². The van der Waals surface area contributed by atoms with Gasteiger partial charge in [-0.1, -0.05) is 26.0 Å². The largest absolute Gasteiger partial charge is 0.481 e. The molecule has 0 spiro atoms. The van der Waals surface area contributed by atoms with Gasteiger partial charge in [0.1, 0.15) is 5.52 Å². The number of carboxylic acids is 1. The summed E-state index contributed by atoms with van der Waals surface area (Å²) in [4.78, 5) is 28.2. The van der Waals surface area contributed by atoms with Crippen LogP contribution in [0.2, 0.25) is 0 Å². The van der Waals surface area contributed by atoms with E-state index < -0.39 is 17.8 Å². The summed E-state index contributed by atoms with van der Waals surface area (Å²) in [5, 5.41) is 12.1. The molecule has 1 amide bonds. The fraction of sp³-hybridized carbons (Fsp3) is 0.389. The average Bonchev–Trinajstić information content (AvgIpc) is 2.98. The van der Waals surface area contributed by atoms with E-state index in [1.54, 1.807) is 18.2 Å². The van der Waals surface area contributed by atoms with E-state index in [1.165, 1.54) is 0 Å². The Morgan fingerprint density at radius 1 is 1.25 bits per heavy atom. The fourth-order valence-corrected chi connectivity index (χ4v) is 2.88. The maximum Gasteiger partial charge on any atom is 0.307 e. The lowest BCUT2D eigenvalue weighted by Crippen LogP contribution is -2.34. The molecule has 2 aromatic rings. The lowest BCUT2D eigenvalue weighted by molar-refractivity contribution is -0.146. The van der Waals surface area contributed by atoms with E-state index in [0.29, 0.717) is 35.5 Å². The Kier molecular flexibility index (Phi) is 4.38. The molecule has 0 fully saturated rings. The summed E-state index contributed by atoms with van der Waals surface area (Å²) in [6.07, 6.45) is 4.50. The number of carboxylic acid groups (broad SMARTS) is 1. The molecule has 0 saturated heterocycles. The summed E-state index contributed by atoms with van der Waals surface area (Å²) < 4.78 is 5.64. The zero-order valence-electron chi connectivity index (χ0n) is 13.7. The van der Waals surface area contributed by atoms with Crippen LogP contribution >= 0.6 is 0 Å². The molecule has 1 aromatic heterocycles. The number of carbonyl (C=O) groups is 2. The topological polar surface area (TPSA) is 92.4 Å². The van der Waals surface area contributed by atoms with Crippen molar-refractivity contribution >= 4 is 28.7 Å². The second kappa shape index (κ2) is 6.47. The SMILES string of the molecule is CC(C)c1nc2cc(NC(=O)[C@@H]3CC=CC[C@H]3C(=O)O)ccc2o1. The minimum absolute atomic E-state index is 0.181. The Bertz CT molecular complexity index is 806.